The van der Waals surface area contributed by atoms with Crippen molar-refractivity contribution in [2.45, 2.75) is 0 Å². The maximum atomic E-state index is 10.4. The third-order valence-corrected chi connectivity index (χ3v) is 1.98. The maximum Gasteiger partial charge on any atom is 0.390 e. The van der Waals surface area contributed by atoms with E-state index in [0.29, 0.717) is 0 Å². The summed E-state index contributed by atoms with van der Waals surface area (Å²) in [5, 5.41) is 14.1. The lowest BCUT2D eigenvalue weighted by Crippen LogP contribution is -2.01. The molecular formula is C7H4BrN5O2. The van der Waals surface area contributed by atoms with E-state index in [1.54, 1.807) is 0 Å². The highest BCUT2D eigenvalue weighted by Gasteiger charge is 2.13. The number of hydrogen-bond acceptors (Lipinski definition) is 5. The summed E-state index contributed by atoms with van der Waals surface area (Å²) in [6.45, 7) is 0. The summed E-state index contributed by atoms with van der Waals surface area (Å²) in [7, 11) is 0. The van der Waals surface area contributed by atoms with Gasteiger partial charge in [-0.3, -0.25) is 0 Å². The summed E-state index contributed by atoms with van der Waals surface area (Å²) in [6, 6.07) is 1.28. The Morgan fingerprint density at radius 3 is 2.60 bits per heavy atom. The molecule has 0 bridgehead atoms. The molecular weight excluding hydrogens is 266 g/mol. The minimum absolute atomic E-state index is 0.235. The standard InChI is InChI=1S/C7H4BrN5O2/c8-5-3-9-7(10-4-5)12-2-1-6(11-12)13(14)15/h1-4H. The summed E-state index contributed by atoms with van der Waals surface area (Å²) in [4.78, 5) is 17.7. The lowest BCUT2D eigenvalue weighted by atomic mass is 10.6. The molecule has 2 aromatic rings. The first kappa shape index (κ1) is 9.71. The van der Waals surface area contributed by atoms with Gasteiger partial charge in [-0.05, 0) is 20.9 Å². The Morgan fingerprint density at radius 2 is 2.07 bits per heavy atom. The van der Waals surface area contributed by atoms with E-state index in [-0.39, 0.29) is 11.8 Å². The van der Waals surface area contributed by atoms with Crippen LogP contribution in [0.4, 0.5) is 5.82 Å². The molecule has 76 valence electrons. The molecule has 0 radical (unpaired) electrons. The first-order valence-corrected chi connectivity index (χ1v) is 4.64. The molecule has 0 N–H and O–H groups in total. The van der Waals surface area contributed by atoms with Crippen LogP contribution in [0.5, 0.6) is 0 Å². The second-order valence-electron chi connectivity index (χ2n) is 2.58. The number of nitrogens with zero attached hydrogens (tertiary/aromatic N) is 5. The van der Waals surface area contributed by atoms with Gasteiger partial charge in [0, 0.05) is 12.4 Å². The Morgan fingerprint density at radius 1 is 1.40 bits per heavy atom. The van der Waals surface area contributed by atoms with Crippen LogP contribution < -0.4 is 0 Å². The van der Waals surface area contributed by atoms with Gasteiger partial charge in [-0.2, -0.15) is 0 Å². The summed E-state index contributed by atoms with van der Waals surface area (Å²) in [5.74, 6) is 0.0489. The first-order valence-electron chi connectivity index (χ1n) is 3.85. The largest absolute Gasteiger partial charge is 0.390 e. The van der Waals surface area contributed by atoms with Crippen LogP contribution in [0.2, 0.25) is 0 Å². The maximum absolute atomic E-state index is 10.4. The fraction of sp³-hybridized carbons (Fsp3) is 0. The van der Waals surface area contributed by atoms with Crippen molar-refractivity contribution in [3.63, 3.8) is 0 Å². The molecule has 15 heavy (non-hydrogen) atoms. The predicted molar refractivity (Wildman–Crippen MR) is 53.5 cm³/mol. The fourth-order valence-electron chi connectivity index (χ4n) is 0.947. The third kappa shape index (κ3) is 1.99. The SMILES string of the molecule is O=[N+]([O-])c1ccn(-c2ncc(Br)cn2)n1. The molecule has 0 aromatic carbocycles. The van der Waals surface area contributed by atoms with E-state index in [9.17, 15) is 10.1 Å². The zero-order valence-corrected chi connectivity index (χ0v) is 8.83. The van der Waals surface area contributed by atoms with Crippen LogP contribution in [-0.2, 0) is 0 Å². The van der Waals surface area contributed by atoms with Gasteiger partial charge in [0.25, 0.3) is 5.95 Å². The molecule has 0 aliphatic rings. The molecule has 0 aliphatic carbocycles. The molecule has 0 fully saturated rings. The number of aromatic nitrogens is 4. The van der Waals surface area contributed by atoms with Crippen LogP contribution in [0.25, 0.3) is 5.95 Å². The molecule has 8 heteroatoms. The molecule has 0 aliphatic heterocycles. The summed E-state index contributed by atoms with van der Waals surface area (Å²) < 4.78 is 1.97. The predicted octanol–water partition coefficient (Wildman–Crippen LogP) is 1.33. The second-order valence-corrected chi connectivity index (χ2v) is 3.49. The molecule has 2 heterocycles. The van der Waals surface area contributed by atoms with E-state index in [2.05, 4.69) is 31.0 Å². The smallest absolute Gasteiger partial charge is 0.358 e. The fourth-order valence-corrected chi connectivity index (χ4v) is 1.15. The second kappa shape index (κ2) is 3.73. The molecule has 0 saturated carbocycles. The Labute approximate surface area is 92.1 Å². The number of halogens is 1. The topological polar surface area (TPSA) is 86.7 Å². The van der Waals surface area contributed by atoms with E-state index in [1.807, 2.05) is 0 Å². The Balaban J connectivity index is 2.37. The van der Waals surface area contributed by atoms with Crippen LogP contribution in [0.1, 0.15) is 0 Å². The number of nitro groups is 1. The number of rotatable bonds is 2. The van der Waals surface area contributed by atoms with Crippen LogP contribution in [0, 0.1) is 10.1 Å². The van der Waals surface area contributed by atoms with E-state index in [1.165, 1.54) is 29.3 Å². The van der Waals surface area contributed by atoms with Crippen molar-refractivity contribution < 1.29 is 4.92 Å². The van der Waals surface area contributed by atoms with Crippen LogP contribution in [0.3, 0.4) is 0 Å². The molecule has 0 unspecified atom stereocenters. The normalized spacial score (nSPS) is 10.2. The van der Waals surface area contributed by atoms with Crippen LogP contribution >= 0.6 is 15.9 Å². The van der Waals surface area contributed by atoms with Crippen molar-refractivity contribution in [1.82, 2.24) is 19.7 Å². The Hall–Kier alpha value is -1.83. The highest BCUT2D eigenvalue weighted by atomic mass is 79.9. The lowest BCUT2D eigenvalue weighted by molar-refractivity contribution is -0.389. The van der Waals surface area contributed by atoms with Gasteiger partial charge in [0.15, 0.2) is 0 Å². The Kier molecular flexibility index (Phi) is 2.42. The van der Waals surface area contributed by atoms with E-state index in [4.69, 9.17) is 0 Å². The zero-order valence-electron chi connectivity index (χ0n) is 7.24. The van der Waals surface area contributed by atoms with Crippen molar-refractivity contribution in [3.8, 4) is 5.95 Å². The van der Waals surface area contributed by atoms with Gasteiger partial charge in [0.1, 0.15) is 0 Å². The van der Waals surface area contributed by atoms with E-state index >= 15 is 0 Å². The number of hydrogen-bond donors (Lipinski definition) is 0. The van der Waals surface area contributed by atoms with Crippen LogP contribution in [0.15, 0.2) is 29.1 Å². The van der Waals surface area contributed by atoms with Crippen molar-refractivity contribution in [3.05, 3.63) is 39.2 Å². The highest BCUT2D eigenvalue weighted by Crippen LogP contribution is 2.10. The average Bonchev–Trinajstić information content (AvgIpc) is 2.68. The van der Waals surface area contributed by atoms with Gasteiger partial charge in [-0.1, -0.05) is 0 Å². The average molecular weight is 270 g/mol. The molecule has 0 amide bonds. The quantitative estimate of drug-likeness (QED) is 0.606. The summed E-state index contributed by atoms with van der Waals surface area (Å²) >= 11 is 3.18. The molecule has 0 atom stereocenters. The van der Waals surface area contributed by atoms with Crippen molar-refractivity contribution in [2.24, 2.45) is 0 Å². The highest BCUT2D eigenvalue weighted by molar-refractivity contribution is 9.10. The van der Waals surface area contributed by atoms with E-state index in [0.717, 1.165) is 4.47 Å². The van der Waals surface area contributed by atoms with Gasteiger partial charge in [0.05, 0.1) is 21.8 Å². The third-order valence-electron chi connectivity index (χ3n) is 1.57. The minimum atomic E-state index is -0.574. The molecule has 7 nitrogen and oxygen atoms in total. The summed E-state index contributed by atoms with van der Waals surface area (Å²) in [6.07, 6.45) is 4.51. The van der Waals surface area contributed by atoms with Crippen molar-refractivity contribution in [1.29, 1.82) is 0 Å². The van der Waals surface area contributed by atoms with E-state index < -0.39 is 4.92 Å². The summed E-state index contributed by atoms with van der Waals surface area (Å²) in [5.41, 5.74) is 0. The van der Waals surface area contributed by atoms with Crippen molar-refractivity contribution in [2.75, 3.05) is 0 Å². The van der Waals surface area contributed by atoms with Gasteiger partial charge >= 0.3 is 5.82 Å². The minimum Gasteiger partial charge on any atom is -0.358 e. The molecule has 0 saturated heterocycles. The van der Waals surface area contributed by atoms with Gasteiger partial charge in [-0.15, -0.1) is 4.68 Å². The van der Waals surface area contributed by atoms with Gasteiger partial charge in [0.2, 0.25) is 0 Å². The molecule has 0 spiro atoms. The Bertz CT molecular complexity index is 494. The molecule has 2 aromatic heterocycles. The van der Waals surface area contributed by atoms with Gasteiger partial charge in [-0.25, -0.2) is 9.97 Å². The van der Waals surface area contributed by atoms with Crippen molar-refractivity contribution >= 4 is 21.7 Å². The first-order chi connectivity index (χ1) is 7.16. The van der Waals surface area contributed by atoms with Gasteiger partial charge < -0.3 is 10.1 Å². The van der Waals surface area contributed by atoms with Crippen LogP contribution in [-0.4, -0.2) is 24.7 Å². The molecule has 2 rings (SSSR count). The monoisotopic (exact) mass is 269 g/mol. The zero-order chi connectivity index (χ0) is 10.8. The lowest BCUT2D eigenvalue weighted by Gasteiger charge is -1.93.